The molecule has 1 amide bonds. The summed E-state index contributed by atoms with van der Waals surface area (Å²) in [5.74, 6) is 1.26. The highest BCUT2D eigenvalue weighted by molar-refractivity contribution is 7.99. The van der Waals surface area contributed by atoms with E-state index in [2.05, 4.69) is 28.5 Å². The van der Waals surface area contributed by atoms with Gasteiger partial charge in [-0.1, -0.05) is 30.3 Å². The van der Waals surface area contributed by atoms with E-state index in [9.17, 15) is 4.79 Å². The van der Waals surface area contributed by atoms with Gasteiger partial charge in [0.05, 0.1) is 17.4 Å². The summed E-state index contributed by atoms with van der Waals surface area (Å²) in [4.78, 5) is 15.2. The summed E-state index contributed by atoms with van der Waals surface area (Å²) in [5, 5.41) is 13.0. The van der Waals surface area contributed by atoms with Crippen LogP contribution in [0.5, 0.6) is 0 Å². The van der Waals surface area contributed by atoms with Crippen LogP contribution in [-0.2, 0) is 17.0 Å². The Morgan fingerprint density at radius 3 is 2.76 bits per heavy atom. The number of para-hydroxylation sites is 1. The fraction of sp³-hybridized carbons (Fsp3) is 0.200. The number of nitrogens with zero attached hydrogens (tertiary/aromatic N) is 1. The normalized spacial score (nSPS) is 10.5. The smallest absolute Gasteiger partial charge is 0.230 e. The van der Waals surface area contributed by atoms with Crippen LogP contribution >= 0.6 is 11.8 Å². The molecule has 0 aliphatic rings. The summed E-state index contributed by atoms with van der Waals surface area (Å²) in [7, 11) is 0. The van der Waals surface area contributed by atoms with Gasteiger partial charge in [-0.05, 0) is 35.7 Å². The van der Waals surface area contributed by atoms with Crippen LogP contribution in [0.2, 0.25) is 0 Å². The fourth-order valence-corrected chi connectivity index (χ4v) is 3.48. The number of nitrogens with one attached hydrogen (secondary N) is 2. The van der Waals surface area contributed by atoms with Crippen LogP contribution < -0.4 is 5.32 Å². The van der Waals surface area contributed by atoms with Gasteiger partial charge in [0, 0.05) is 29.4 Å². The molecule has 0 bridgehead atoms. The second kappa shape index (κ2) is 8.41. The number of carbonyl (C=O) groups excluding carboxylic acids is 1. The number of aromatic nitrogens is 1. The molecule has 0 saturated heterocycles. The van der Waals surface area contributed by atoms with Crippen molar-refractivity contribution in [1.82, 2.24) is 10.3 Å². The molecule has 5 heteroatoms. The van der Waals surface area contributed by atoms with Gasteiger partial charge < -0.3 is 10.3 Å². The Bertz CT molecular complexity index is 893. The highest BCUT2D eigenvalue weighted by Gasteiger charge is 2.05. The van der Waals surface area contributed by atoms with Crippen LogP contribution in [0.25, 0.3) is 10.9 Å². The number of aromatic amines is 1. The molecular formula is C20H19N3OS. The largest absolute Gasteiger partial charge is 0.361 e. The molecule has 3 rings (SSSR count). The molecular weight excluding hydrogens is 330 g/mol. The molecule has 0 aliphatic carbocycles. The van der Waals surface area contributed by atoms with Gasteiger partial charge >= 0.3 is 0 Å². The van der Waals surface area contributed by atoms with Gasteiger partial charge in [0.15, 0.2) is 0 Å². The van der Waals surface area contributed by atoms with Crippen molar-refractivity contribution >= 4 is 28.6 Å². The van der Waals surface area contributed by atoms with Crippen molar-refractivity contribution in [1.29, 1.82) is 5.26 Å². The van der Waals surface area contributed by atoms with Crippen molar-refractivity contribution in [3.63, 3.8) is 0 Å². The third-order valence-electron chi connectivity index (χ3n) is 3.98. The Morgan fingerprint density at radius 1 is 1.16 bits per heavy atom. The van der Waals surface area contributed by atoms with Crippen LogP contribution in [0.1, 0.15) is 16.7 Å². The van der Waals surface area contributed by atoms with Crippen molar-refractivity contribution in [3.05, 3.63) is 71.4 Å². The van der Waals surface area contributed by atoms with Crippen LogP contribution in [-0.4, -0.2) is 23.2 Å². The molecule has 0 aliphatic heterocycles. The summed E-state index contributed by atoms with van der Waals surface area (Å²) >= 11 is 1.58. The molecule has 0 radical (unpaired) electrons. The zero-order valence-corrected chi connectivity index (χ0v) is 14.6. The van der Waals surface area contributed by atoms with Crippen molar-refractivity contribution in [2.75, 3.05) is 12.3 Å². The maximum absolute atomic E-state index is 11.9. The predicted molar refractivity (Wildman–Crippen MR) is 102 cm³/mol. The molecule has 25 heavy (non-hydrogen) atoms. The number of hydrogen-bond acceptors (Lipinski definition) is 3. The van der Waals surface area contributed by atoms with Crippen molar-refractivity contribution < 1.29 is 4.79 Å². The maximum Gasteiger partial charge on any atom is 0.230 e. The molecule has 0 spiro atoms. The Morgan fingerprint density at radius 2 is 1.96 bits per heavy atom. The summed E-state index contributed by atoms with van der Waals surface area (Å²) in [6, 6.07) is 17.8. The molecule has 1 aromatic heterocycles. The average Bonchev–Trinajstić information content (AvgIpc) is 3.06. The number of fused-ring (bicyclic) bond motifs is 1. The Balaban J connectivity index is 1.38. The number of H-pyrrole nitrogens is 1. The van der Waals surface area contributed by atoms with Crippen LogP contribution in [0.3, 0.4) is 0 Å². The quantitative estimate of drug-likeness (QED) is 0.684. The van der Waals surface area contributed by atoms with Gasteiger partial charge in [0.2, 0.25) is 5.91 Å². The highest BCUT2D eigenvalue weighted by Crippen LogP contribution is 2.17. The molecule has 0 fully saturated rings. The molecule has 1 heterocycles. The van der Waals surface area contributed by atoms with E-state index in [0.29, 0.717) is 17.9 Å². The van der Waals surface area contributed by atoms with Crippen molar-refractivity contribution in [2.24, 2.45) is 0 Å². The molecule has 0 unspecified atom stereocenters. The molecule has 4 nitrogen and oxygen atoms in total. The van der Waals surface area contributed by atoms with Crippen molar-refractivity contribution in [3.8, 4) is 6.07 Å². The second-order valence-electron chi connectivity index (χ2n) is 5.76. The van der Waals surface area contributed by atoms with E-state index >= 15 is 0 Å². The highest BCUT2D eigenvalue weighted by atomic mass is 32.2. The lowest BCUT2D eigenvalue weighted by atomic mass is 10.1. The average molecular weight is 349 g/mol. The maximum atomic E-state index is 11.9. The van der Waals surface area contributed by atoms with E-state index < -0.39 is 0 Å². The minimum atomic E-state index is 0.0542. The Kier molecular flexibility index (Phi) is 5.76. The first-order chi connectivity index (χ1) is 12.3. The number of nitriles is 1. The lowest BCUT2D eigenvalue weighted by Gasteiger charge is -2.05. The standard InChI is InChI=1S/C20H19N3OS/c21-11-15-5-7-16(8-6-15)13-25-14-20(24)22-10-9-17-12-23-19-4-2-1-3-18(17)19/h1-8,12,23H,9-10,13-14H2,(H,22,24). The van der Waals surface area contributed by atoms with Gasteiger partial charge in [0.1, 0.15) is 0 Å². The summed E-state index contributed by atoms with van der Waals surface area (Å²) in [5.41, 5.74) is 4.13. The molecule has 2 aromatic carbocycles. The first-order valence-corrected chi connectivity index (χ1v) is 9.30. The third-order valence-corrected chi connectivity index (χ3v) is 4.98. The predicted octanol–water partition coefficient (Wildman–Crippen LogP) is 3.63. The number of carbonyl (C=O) groups is 1. The number of rotatable bonds is 7. The first kappa shape index (κ1) is 17.1. The topological polar surface area (TPSA) is 68.7 Å². The molecule has 0 atom stereocenters. The summed E-state index contributed by atoms with van der Waals surface area (Å²) in [6.07, 6.45) is 2.83. The lowest BCUT2D eigenvalue weighted by Crippen LogP contribution is -2.27. The lowest BCUT2D eigenvalue weighted by molar-refractivity contribution is -0.118. The van der Waals surface area contributed by atoms with Crippen LogP contribution in [0, 0.1) is 11.3 Å². The van der Waals surface area contributed by atoms with Gasteiger partial charge in [-0.3, -0.25) is 4.79 Å². The van der Waals surface area contributed by atoms with Gasteiger partial charge in [-0.25, -0.2) is 0 Å². The van der Waals surface area contributed by atoms with Crippen LogP contribution in [0.4, 0.5) is 0 Å². The van der Waals surface area contributed by atoms with E-state index in [4.69, 9.17) is 5.26 Å². The Labute approximate surface area is 151 Å². The zero-order valence-electron chi connectivity index (χ0n) is 13.8. The molecule has 0 saturated carbocycles. The molecule has 2 N–H and O–H groups in total. The fourth-order valence-electron chi connectivity index (χ4n) is 2.66. The number of hydrogen-bond donors (Lipinski definition) is 2. The van der Waals surface area contributed by atoms with Gasteiger partial charge in [-0.2, -0.15) is 5.26 Å². The SMILES string of the molecule is N#Cc1ccc(CSCC(=O)NCCc2c[nH]c3ccccc23)cc1. The van der Waals surface area contributed by atoms with E-state index in [1.54, 1.807) is 23.9 Å². The summed E-state index contributed by atoms with van der Waals surface area (Å²) in [6.45, 7) is 0.637. The molecule has 3 aromatic rings. The van der Waals surface area contributed by atoms with Crippen LogP contribution in [0.15, 0.2) is 54.7 Å². The third kappa shape index (κ3) is 4.65. The summed E-state index contributed by atoms with van der Waals surface area (Å²) < 4.78 is 0. The number of thioether (sulfide) groups is 1. The zero-order chi connectivity index (χ0) is 17.5. The van der Waals surface area contributed by atoms with Gasteiger partial charge in [-0.15, -0.1) is 11.8 Å². The monoisotopic (exact) mass is 349 g/mol. The first-order valence-electron chi connectivity index (χ1n) is 8.15. The molecule has 126 valence electrons. The van der Waals surface area contributed by atoms with Gasteiger partial charge in [0.25, 0.3) is 0 Å². The second-order valence-corrected chi connectivity index (χ2v) is 6.75. The number of amides is 1. The van der Waals surface area contributed by atoms with Crippen molar-refractivity contribution in [2.45, 2.75) is 12.2 Å². The van der Waals surface area contributed by atoms with E-state index in [1.165, 1.54) is 10.9 Å². The number of benzene rings is 2. The van der Waals surface area contributed by atoms with E-state index in [1.807, 2.05) is 30.5 Å². The minimum absolute atomic E-state index is 0.0542. The van der Waals surface area contributed by atoms with E-state index in [-0.39, 0.29) is 5.91 Å². The van der Waals surface area contributed by atoms with E-state index in [0.717, 1.165) is 23.3 Å². The Hall–Kier alpha value is -2.71. The minimum Gasteiger partial charge on any atom is -0.361 e.